The number of carbonyl (C=O) groups is 1. The molecule has 0 bridgehead atoms. The van der Waals surface area contributed by atoms with Crippen molar-refractivity contribution in [1.29, 1.82) is 0 Å². The van der Waals surface area contributed by atoms with E-state index < -0.39 is 5.97 Å². The molecule has 1 N–H and O–H groups in total. The van der Waals surface area contributed by atoms with E-state index in [9.17, 15) is 4.79 Å². The van der Waals surface area contributed by atoms with Gasteiger partial charge in [-0.05, 0) is 76.8 Å². The summed E-state index contributed by atoms with van der Waals surface area (Å²) in [7, 11) is 0. The van der Waals surface area contributed by atoms with Crippen LogP contribution in [0.2, 0.25) is 0 Å². The summed E-state index contributed by atoms with van der Waals surface area (Å²) in [5, 5.41) is 9.10. The van der Waals surface area contributed by atoms with Gasteiger partial charge in [-0.2, -0.15) is 0 Å². The van der Waals surface area contributed by atoms with Crippen LogP contribution in [0.4, 0.5) is 4.39 Å². The molecule has 5 nitrogen and oxygen atoms in total. The lowest BCUT2D eigenvalue weighted by Crippen LogP contribution is -2.25. The van der Waals surface area contributed by atoms with Crippen LogP contribution in [-0.4, -0.2) is 24.0 Å². The first-order valence-corrected chi connectivity index (χ1v) is 13.3. The molecular weight excluding hydrogens is 483 g/mol. The Labute approximate surface area is 224 Å². The number of rotatable bonds is 9. The monoisotopic (exact) mass is 520 g/mol. The molecule has 3 aromatic carbocycles. The summed E-state index contributed by atoms with van der Waals surface area (Å²) < 4.78 is 32.9. The van der Waals surface area contributed by atoms with Crippen LogP contribution < -0.4 is 9.47 Å². The number of hydrogen-bond donors (Lipinski definition) is 1. The van der Waals surface area contributed by atoms with Gasteiger partial charge in [0, 0.05) is 12.0 Å². The van der Waals surface area contributed by atoms with E-state index >= 15 is 4.39 Å². The molecule has 1 aliphatic rings. The molecule has 0 aliphatic carbocycles. The Morgan fingerprint density at radius 2 is 1.87 bits per heavy atom. The molecule has 1 saturated heterocycles. The van der Waals surface area contributed by atoms with Gasteiger partial charge in [0.15, 0.2) is 6.29 Å². The van der Waals surface area contributed by atoms with Crippen molar-refractivity contribution < 1.29 is 28.5 Å². The zero-order valence-corrected chi connectivity index (χ0v) is 22.6. The van der Waals surface area contributed by atoms with Crippen LogP contribution in [0.5, 0.6) is 11.5 Å². The van der Waals surface area contributed by atoms with Crippen molar-refractivity contribution in [3.63, 3.8) is 0 Å². The molecule has 3 aromatic rings. The Hall–Kier alpha value is -3.38. The lowest BCUT2D eigenvalue weighted by molar-refractivity contribution is -0.137. The zero-order chi connectivity index (χ0) is 27.3. The Morgan fingerprint density at radius 1 is 1.05 bits per heavy atom. The minimum atomic E-state index is -0.825. The Balaban J connectivity index is 1.56. The van der Waals surface area contributed by atoms with Crippen molar-refractivity contribution in [3.05, 3.63) is 83.2 Å². The quantitative estimate of drug-likeness (QED) is 0.311. The first kappa shape index (κ1) is 27.6. The first-order valence-electron chi connectivity index (χ1n) is 13.3. The van der Waals surface area contributed by atoms with Crippen LogP contribution in [0.15, 0.2) is 60.7 Å². The van der Waals surface area contributed by atoms with Crippen molar-refractivity contribution >= 4 is 5.97 Å². The molecule has 6 heteroatoms. The average molecular weight is 521 g/mol. The second-order valence-electron chi connectivity index (χ2n) is 11.0. The molecular formula is C32H37FO5. The molecule has 1 unspecified atom stereocenters. The second kappa shape index (κ2) is 12.0. The fourth-order valence-electron chi connectivity index (χ4n) is 4.73. The van der Waals surface area contributed by atoms with Gasteiger partial charge in [-0.3, -0.25) is 4.79 Å². The summed E-state index contributed by atoms with van der Waals surface area (Å²) in [4.78, 5) is 11.1. The molecule has 4 rings (SSSR count). The fraction of sp³-hybridized carbons (Fsp3) is 0.406. The summed E-state index contributed by atoms with van der Waals surface area (Å²) >= 11 is 0. The van der Waals surface area contributed by atoms with Crippen LogP contribution >= 0.6 is 0 Å². The minimum absolute atomic E-state index is 0.0658. The normalized spacial score (nSPS) is 16.6. The highest BCUT2D eigenvalue weighted by molar-refractivity contribution is 5.71. The summed E-state index contributed by atoms with van der Waals surface area (Å²) in [6, 6.07) is 18.4. The topological polar surface area (TPSA) is 65.0 Å². The molecule has 0 spiro atoms. The minimum Gasteiger partial charge on any atom is -0.489 e. The van der Waals surface area contributed by atoms with Crippen LogP contribution in [0.1, 0.15) is 76.0 Å². The molecule has 0 saturated carbocycles. The van der Waals surface area contributed by atoms with Gasteiger partial charge in [-0.15, -0.1) is 0 Å². The van der Waals surface area contributed by atoms with E-state index in [2.05, 4.69) is 26.8 Å². The number of halogens is 1. The molecule has 0 radical (unpaired) electrons. The van der Waals surface area contributed by atoms with Crippen LogP contribution in [-0.2, 0) is 21.6 Å². The maximum atomic E-state index is 15.1. The number of aliphatic carboxylic acids is 1. The number of ether oxygens (including phenoxy) is 3. The Kier molecular flexibility index (Phi) is 8.72. The lowest BCUT2D eigenvalue weighted by atomic mass is 9.81. The summed E-state index contributed by atoms with van der Waals surface area (Å²) in [5.74, 6) is 0.0415. The maximum Gasteiger partial charge on any atom is 0.303 e. The molecule has 1 heterocycles. The van der Waals surface area contributed by atoms with Crippen molar-refractivity contribution in [2.75, 3.05) is 6.61 Å². The standard InChI is InChI=1S/C32H37FO5/c1-21(16-30(34)35)23-8-7-9-24(18-23)37-20-22-11-13-26(28(17-22)32(2,3)4)27-19-25(12-14-29(27)33)38-31-10-5-6-15-36-31/h7-9,11-14,17-19,21,31H,5-6,10,15-16,20H2,1-4H3,(H,34,35)/t21-,31?/m0/s1. The Morgan fingerprint density at radius 3 is 2.58 bits per heavy atom. The summed E-state index contributed by atoms with van der Waals surface area (Å²) in [6.07, 6.45) is 2.69. The predicted octanol–water partition coefficient (Wildman–Crippen LogP) is 7.85. The van der Waals surface area contributed by atoms with Crippen molar-refractivity contribution in [2.45, 2.75) is 77.6 Å². The van der Waals surface area contributed by atoms with E-state index in [-0.39, 0.29) is 29.9 Å². The van der Waals surface area contributed by atoms with E-state index in [0.29, 0.717) is 30.3 Å². The highest BCUT2D eigenvalue weighted by atomic mass is 19.1. The van der Waals surface area contributed by atoms with Gasteiger partial charge in [-0.1, -0.05) is 58.0 Å². The van der Waals surface area contributed by atoms with Gasteiger partial charge in [0.1, 0.15) is 23.9 Å². The van der Waals surface area contributed by atoms with E-state index in [1.54, 1.807) is 12.1 Å². The SMILES string of the molecule is C[C@@H](CC(=O)O)c1cccc(OCc2ccc(-c3cc(OC4CCCCO4)ccc3F)c(C(C)(C)C)c2)c1. The molecule has 0 amide bonds. The molecule has 1 fully saturated rings. The molecule has 0 aromatic heterocycles. The van der Waals surface area contributed by atoms with Crippen molar-refractivity contribution in [3.8, 4) is 22.6 Å². The first-order chi connectivity index (χ1) is 18.1. The van der Waals surface area contributed by atoms with Gasteiger partial charge in [-0.25, -0.2) is 4.39 Å². The van der Waals surface area contributed by atoms with E-state index in [1.807, 2.05) is 43.3 Å². The van der Waals surface area contributed by atoms with Crippen molar-refractivity contribution in [2.24, 2.45) is 0 Å². The number of hydrogen-bond acceptors (Lipinski definition) is 4. The number of carboxylic acids is 1. The van der Waals surface area contributed by atoms with Crippen LogP contribution in [0, 0.1) is 5.82 Å². The number of benzene rings is 3. The molecule has 2 atom stereocenters. The maximum absolute atomic E-state index is 15.1. The van der Waals surface area contributed by atoms with Crippen LogP contribution in [0.25, 0.3) is 11.1 Å². The van der Waals surface area contributed by atoms with Gasteiger partial charge < -0.3 is 19.3 Å². The average Bonchev–Trinajstić information content (AvgIpc) is 2.88. The highest BCUT2D eigenvalue weighted by Gasteiger charge is 2.23. The van der Waals surface area contributed by atoms with Gasteiger partial charge in [0.25, 0.3) is 0 Å². The molecule has 1 aliphatic heterocycles. The molecule has 38 heavy (non-hydrogen) atoms. The van der Waals surface area contributed by atoms with Gasteiger partial charge in [0.05, 0.1) is 13.0 Å². The highest BCUT2D eigenvalue weighted by Crippen LogP contribution is 2.37. The summed E-state index contributed by atoms with van der Waals surface area (Å²) in [6.45, 7) is 9.24. The lowest BCUT2D eigenvalue weighted by Gasteiger charge is -2.26. The number of carboxylic acid groups (broad SMARTS) is 1. The van der Waals surface area contributed by atoms with Crippen LogP contribution in [0.3, 0.4) is 0 Å². The third-order valence-corrected chi connectivity index (χ3v) is 6.84. The smallest absolute Gasteiger partial charge is 0.303 e. The van der Waals surface area contributed by atoms with E-state index in [0.717, 1.165) is 41.5 Å². The predicted molar refractivity (Wildman–Crippen MR) is 146 cm³/mol. The van der Waals surface area contributed by atoms with Gasteiger partial charge in [0.2, 0.25) is 0 Å². The fourth-order valence-corrected chi connectivity index (χ4v) is 4.73. The molecule has 202 valence electrons. The van der Waals surface area contributed by atoms with Crippen molar-refractivity contribution in [1.82, 2.24) is 0 Å². The van der Waals surface area contributed by atoms with E-state index in [1.165, 1.54) is 6.07 Å². The largest absolute Gasteiger partial charge is 0.489 e. The Bertz CT molecular complexity index is 1260. The zero-order valence-electron chi connectivity index (χ0n) is 22.6. The third-order valence-electron chi connectivity index (χ3n) is 6.84. The van der Waals surface area contributed by atoms with E-state index in [4.69, 9.17) is 19.3 Å². The summed E-state index contributed by atoms with van der Waals surface area (Å²) in [5.41, 5.74) is 3.97. The van der Waals surface area contributed by atoms with Gasteiger partial charge >= 0.3 is 5.97 Å². The second-order valence-corrected chi connectivity index (χ2v) is 11.0. The third kappa shape index (κ3) is 7.13.